The molecule has 0 bridgehead atoms. The van der Waals surface area contributed by atoms with Crippen LogP contribution in [0.4, 0.5) is 4.39 Å². The molecule has 1 aliphatic heterocycles. The molecule has 1 N–H and O–H groups in total. The number of rotatable bonds is 4. The number of halogens is 1. The maximum Gasteiger partial charge on any atom is 0.225 e. The van der Waals surface area contributed by atoms with Crippen LogP contribution < -0.4 is 0 Å². The SMILES string of the molecule is CCC(CC)C(=O)N1CCC(O)(c2cccnc2F)CC1. The third-order valence-corrected chi connectivity index (χ3v) is 4.50. The Bertz CT molecular complexity index is 495. The Kier molecular flexibility index (Phi) is 4.93. The fourth-order valence-corrected chi connectivity index (χ4v) is 3.00. The summed E-state index contributed by atoms with van der Waals surface area (Å²) < 4.78 is 13.8. The van der Waals surface area contributed by atoms with Gasteiger partial charge in [0.25, 0.3) is 0 Å². The first kappa shape index (κ1) is 15.9. The van der Waals surface area contributed by atoms with Crippen LogP contribution in [0.25, 0.3) is 0 Å². The van der Waals surface area contributed by atoms with Crippen LogP contribution in [-0.2, 0) is 10.4 Å². The topological polar surface area (TPSA) is 53.4 Å². The van der Waals surface area contributed by atoms with Crippen LogP contribution in [0.1, 0.15) is 45.1 Å². The second-order valence-corrected chi connectivity index (χ2v) is 5.71. The fraction of sp³-hybridized carbons (Fsp3) is 0.625. The number of aromatic nitrogens is 1. The number of carbonyl (C=O) groups excluding carboxylic acids is 1. The van der Waals surface area contributed by atoms with Crippen molar-refractivity contribution < 1.29 is 14.3 Å². The van der Waals surface area contributed by atoms with E-state index in [0.717, 1.165) is 12.8 Å². The zero-order valence-electron chi connectivity index (χ0n) is 12.7. The van der Waals surface area contributed by atoms with Gasteiger partial charge in [-0.3, -0.25) is 4.79 Å². The maximum absolute atomic E-state index is 13.8. The van der Waals surface area contributed by atoms with E-state index in [1.165, 1.54) is 6.20 Å². The molecule has 1 aromatic heterocycles. The molecule has 0 radical (unpaired) electrons. The number of piperidine rings is 1. The highest BCUT2D eigenvalue weighted by Gasteiger charge is 2.38. The van der Waals surface area contributed by atoms with Crippen LogP contribution in [0, 0.1) is 11.9 Å². The standard InChI is InChI=1S/C16H23FN2O2/c1-3-12(4-2)15(20)19-10-7-16(21,8-11-19)13-6-5-9-18-14(13)17/h5-6,9,12,21H,3-4,7-8,10-11H2,1-2H3. The van der Waals surface area contributed by atoms with Gasteiger partial charge < -0.3 is 10.0 Å². The Morgan fingerprint density at radius 2 is 2.05 bits per heavy atom. The number of aliphatic hydroxyl groups is 1. The van der Waals surface area contributed by atoms with Crippen molar-refractivity contribution in [1.82, 2.24) is 9.88 Å². The summed E-state index contributed by atoms with van der Waals surface area (Å²) in [4.78, 5) is 17.7. The van der Waals surface area contributed by atoms with E-state index in [2.05, 4.69) is 4.98 Å². The zero-order valence-corrected chi connectivity index (χ0v) is 12.7. The number of pyridine rings is 1. The van der Waals surface area contributed by atoms with Gasteiger partial charge in [0.1, 0.15) is 0 Å². The van der Waals surface area contributed by atoms with Gasteiger partial charge in [0.15, 0.2) is 0 Å². The van der Waals surface area contributed by atoms with Crippen LogP contribution in [0.5, 0.6) is 0 Å². The van der Waals surface area contributed by atoms with E-state index in [0.29, 0.717) is 25.9 Å². The summed E-state index contributed by atoms with van der Waals surface area (Å²) in [6.45, 7) is 4.94. The average Bonchev–Trinajstić information content (AvgIpc) is 2.49. The Morgan fingerprint density at radius 1 is 1.43 bits per heavy atom. The summed E-state index contributed by atoms with van der Waals surface area (Å²) >= 11 is 0. The van der Waals surface area contributed by atoms with Crippen molar-refractivity contribution in [3.05, 3.63) is 29.8 Å². The summed E-state index contributed by atoms with van der Waals surface area (Å²) in [5.74, 6) is -0.431. The minimum atomic E-state index is -1.22. The molecule has 1 aromatic rings. The van der Waals surface area contributed by atoms with Crippen LogP contribution in [-0.4, -0.2) is 34.0 Å². The molecule has 116 valence electrons. The predicted molar refractivity (Wildman–Crippen MR) is 78.0 cm³/mol. The summed E-state index contributed by atoms with van der Waals surface area (Å²) in [6.07, 6.45) is 3.72. The van der Waals surface area contributed by atoms with E-state index in [4.69, 9.17) is 0 Å². The van der Waals surface area contributed by atoms with E-state index < -0.39 is 11.5 Å². The minimum absolute atomic E-state index is 0.0475. The van der Waals surface area contributed by atoms with Crippen molar-refractivity contribution in [2.45, 2.75) is 45.1 Å². The van der Waals surface area contributed by atoms with Gasteiger partial charge >= 0.3 is 0 Å². The highest BCUT2D eigenvalue weighted by Crippen LogP contribution is 2.34. The average molecular weight is 294 g/mol. The molecule has 0 saturated carbocycles. The third kappa shape index (κ3) is 3.23. The Hall–Kier alpha value is -1.49. The first-order chi connectivity index (χ1) is 10.0. The molecule has 0 spiro atoms. The van der Waals surface area contributed by atoms with E-state index in [1.54, 1.807) is 17.0 Å². The molecule has 1 aliphatic rings. The van der Waals surface area contributed by atoms with Gasteiger partial charge in [0, 0.05) is 30.8 Å². The first-order valence-corrected chi connectivity index (χ1v) is 7.64. The molecular formula is C16H23FN2O2. The molecule has 4 nitrogen and oxygen atoms in total. The van der Waals surface area contributed by atoms with Crippen LogP contribution in [0.2, 0.25) is 0 Å². The third-order valence-electron chi connectivity index (χ3n) is 4.50. The second-order valence-electron chi connectivity index (χ2n) is 5.71. The van der Waals surface area contributed by atoms with Crippen molar-refractivity contribution in [2.75, 3.05) is 13.1 Å². The molecule has 1 saturated heterocycles. The Balaban J connectivity index is 2.06. The normalized spacial score (nSPS) is 18.0. The van der Waals surface area contributed by atoms with Crippen molar-refractivity contribution in [2.24, 2.45) is 5.92 Å². The monoisotopic (exact) mass is 294 g/mol. The lowest BCUT2D eigenvalue weighted by Gasteiger charge is -2.39. The second kappa shape index (κ2) is 6.52. The lowest BCUT2D eigenvalue weighted by Crippen LogP contribution is -2.47. The minimum Gasteiger partial charge on any atom is -0.385 e. The van der Waals surface area contributed by atoms with Crippen molar-refractivity contribution in [3.8, 4) is 0 Å². The molecule has 0 unspecified atom stereocenters. The number of nitrogens with zero attached hydrogens (tertiary/aromatic N) is 2. The van der Waals surface area contributed by atoms with Gasteiger partial charge in [-0.15, -0.1) is 0 Å². The quantitative estimate of drug-likeness (QED) is 0.868. The van der Waals surface area contributed by atoms with Gasteiger partial charge in [0.05, 0.1) is 5.60 Å². The van der Waals surface area contributed by atoms with Crippen LogP contribution in [0.15, 0.2) is 18.3 Å². The zero-order chi connectivity index (χ0) is 15.5. The predicted octanol–water partition coefficient (Wildman–Crippen LogP) is 2.47. The summed E-state index contributed by atoms with van der Waals surface area (Å²) in [5.41, 5.74) is -0.983. The molecule has 5 heteroatoms. The maximum atomic E-state index is 13.8. The van der Waals surface area contributed by atoms with E-state index in [-0.39, 0.29) is 17.4 Å². The van der Waals surface area contributed by atoms with E-state index in [9.17, 15) is 14.3 Å². The lowest BCUT2D eigenvalue weighted by atomic mass is 9.84. The highest BCUT2D eigenvalue weighted by molar-refractivity contribution is 5.78. The largest absolute Gasteiger partial charge is 0.385 e. The lowest BCUT2D eigenvalue weighted by molar-refractivity contribution is -0.140. The fourth-order valence-electron chi connectivity index (χ4n) is 3.00. The molecule has 21 heavy (non-hydrogen) atoms. The number of carbonyl (C=O) groups is 1. The summed E-state index contributed by atoms with van der Waals surface area (Å²) in [6, 6.07) is 3.19. The Labute approximate surface area is 125 Å². The molecule has 1 amide bonds. The van der Waals surface area contributed by atoms with Gasteiger partial charge in [-0.1, -0.05) is 19.9 Å². The number of amides is 1. The molecular weight excluding hydrogens is 271 g/mol. The number of likely N-dealkylation sites (tertiary alicyclic amines) is 1. The van der Waals surface area contributed by atoms with Crippen LogP contribution in [0.3, 0.4) is 0 Å². The van der Waals surface area contributed by atoms with Crippen LogP contribution >= 0.6 is 0 Å². The molecule has 0 atom stereocenters. The Morgan fingerprint density at radius 3 is 2.57 bits per heavy atom. The molecule has 0 aliphatic carbocycles. The molecule has 1 fully saturated rings. The van der Waals surface area contributed by atoms with E-state index in [1.807, 2.05) is 13.8 Å². The summed E-state index contributed by atoms with van der Waals surface area (Å²) in [7, 11) is 0. The van der Waals surface area contributed by atoms with Crippen molar-refractivity contribution >= 4 is 5.91 Å². The molecule has 0 aromatic carbocycles. The van der Waals surface area contributed by atoms with Gasteiger partial charge in [-0.2, -0.15) is 4.39 Å². The highest BCUT2D eigenvalue weighted by atomic mass is 19.1. The van der Waals surface area contributed by atoms with Crippen molar-refractivity contribution in [3.63, 3.8) is 0 Å². The van der Waals surface area contributed by atoms with Gasteiger partial charge in [-0.05, 0) is 31.7 Å². The summed E-state index contributed by atoms with van der Waals surface area (Å²) in [5, 5.41) is 10.7. The number of hydrogen-bond donors (Lipinski definition) is 1. The van der Waals surface area contributed by atoms with Gasteiger partial charge in [-0.25, -0.2) is 4.98 Å². The first-order valence-electron chi connectivity index (χ1n) is 7.64. The van der Waals surface area contributed by atoms with Crippen molar-refractivity contribution in [1.29, 1.82) is 0 Å². The number of hydrogen-bond acceptors (Lipinski definition) is 3. The molecule has 2 heterocycles. The smallest absolute Gasteiger partial charge is 0.225 e. The van der Waals surface area contributed by atoms with Gasteiger partial charge in [0.2, 0.25) is 11.9 Å². The molecule has 2 rings (SSSR count). The van der Waals surface area contributed by atoms with E-state index >= 15 is 0 Å².